The normalized spacial score (nSPS) is 24.2. The van der Waals surface area contributed by atoms with E-state index < -0.39 is 15.8 Å². The maximum absolute atomic E-state index is 13.7. The van der Waals surface area contributed by atoms with Crippen LogP contribution < -0.4 is 4.31 Å². The molecule has 2 heterocycles. The van der Waals surface area contributed by atoms with E-state index in [2.05, 4.69) is 6.07 Å². The Labute approximate surface area is 164 Å². The minimum atomic E-state index is -3.74. The van der Waals surface area contributed by atoms with Gasteiger partial charge in [0.05, 0.1) is 16.6 Å². The molecule has 6 heteroatoms. The fourth-order valence-corrected chi connectivity index (χ4v) is 7.99. The number of anilines is 1. The number of halogens is 1. The first kappa shape index (κ1) is 17.6. The van der Waals surface area contributed by atoms with E-state index >= 15 is 0 Å². The van der Waals surface area contributed by atoms with Crippen LogP contribution in [0.1, 0.15) is 31.2 Å². The third kappa shape index (κ3) is 2.64. The fraction of sp³-hybridized carbons (Fsp3) is 0.429. The number of fused-ring (bicyclic) bond motifs is 2. The molecule has 142 valence electrons. The van der Waals surface area contributed by atoms with Crippen molar-refractivity contribution < 1.29 is 12.8 Å². The maximum atomic E-state index is 13.7. The number of benzene rings is 2. The van der Waals surface area contributed by atoms with Crippen LogP contribution in [0.4, 0.5) is 10.1 Å². The van der Waals surface area contributed by atoms with E-state index in [0.717, 1.165) is 42.9 Å². The SMILES string of the molecule is O=S(=O)(c1ccc(F)cc1)N1c2ccccc2C2(CCSCC2)C1C1CC1. The van der Waals surface area contributed by atoms with Crippen LogP contribution in [0.15, 0.2) is 53.4 Å². The highest BCUT2D eigenvalue weighted by atomic mass is 32.2. The molecule has 3 nitrogen and oxygen atoms in total. The van der Waals surface area contributed by atoms with Crippen LogP contribution in [0.3, 0.4) is 0 Å². The predicted octanol–water partition coefficient (Wildman–Crippen LogP) is 4.58. The van der Waals surface area contributed by atoms with E-state index in [-0.39, 0.29) is 16.4 Å². The molecule has 0 radical (unpaired) electrons. The quantitative estimate of drug-likeness (QED) is 0.753. The lowest BCUT2D eigenvalue weighted by Crippen LogP contribution is -2.50. The first-order valence-corrected chi connectivity index (χ1v) is 12.1. The molecular formula is C21H22FNO2S2. The first-order valence-electron chi connectivity index (χ1n) is 9.51. The summed E-state index contributed by atoms with van der Waals surface area (Å²) in [6, 6.07) is 13.2. The Morgan fingerprint density at radius 1 is 1.00 bits per heavy atom. The van der Waals surface area contributed by atoms with Gasteiger partial charge in [-0.1, -0.05) is 18.2 Å². The smallest absolute Gasteiger partial charge is 0.262 e. The Morgan fingerprint density at radius 3 is 2.33 bits per heavy atom. The molecule has 1 saturated carbocycles. The number of thioether (sulfide) groups is 1. The summed E-state index contributed by atoms with van der Waals surface area (Å²) in [6.45, 7) is 0. The topological polar surface area (TPSA) is 37.4 Å². The summed E-state index contributed by atoms with van der Waals surface area (Å²) in [5.41, 5.74) is 1.93. The molecule has 1 atom stereocenters. The zero-order chi connectivity index (χ0) is 18.6. The molecule has 3 aliphatic rings. The molecule has 0 aromatic heterocycles. The summed E-state index contributed by atoms with van der Waals surface area (Å²) in [4.78, 5) is 0.173. The van der Waals surface area contributed by atoms with E-state index in [4.69, 9.17) is 0 Å². The molecule has 1 saturated heterocycles. The molecule has 0 amide bonds. The molecule has 2 aromatic carbocycles. The van der Waals surface area contributed by atoms with Gasteiger partial charge in [0, 0.05) is 5.41 Å². The van der Waals surface area contributed by atoms with Crippen molar-refractivity contribution in [3.8, 4) is 0 Å². The number of rotatable bonds is 3. The minimum absolute atomic E-state index is 0.0224. The second-order valence-corrected chi connectivity index (χ2v) is 10.9. The molecule has 27 heavy (non-hydrogen) atoms. The average Bonchev–Trinajstić information content (AvgIpc) is 3.48. The number of hydrogen-bond donors (Lipinski definition) is 0. The first-order chi connectivity index (χ1) is 13.0. The zero-order valence-electron chi connectivity index (χ0n) is 15.0. The van der Waals surface area contributed by atoms with Gasteiger partial charge in [0.1, 0.15) is 5.82 Å². The molecular weight excluding hydrogens is 381 g/mol. The molecule has 0 bridgehead atoms. The van der Waals surface area contributed by atoms with Gasteiger partial charge < -0.3 is 0 Å². The van der Waals surface area contributed by atoms with E-state index in [1.165, 1.54) is 29.8 Å². The monoisotopic (exact) mass is 403 g/mol. The molecule has 1 aliphatic carbocycles. The molecule has 1 unspecified atom stereocenters. The summed E-state index contributed by atoms with van der Waals surface area (Å²) in [6.07, 6.45) is 4.21. The van der Waals surface area contributed by atoms with Crippen molar-refractivity contribution in [2.75, 3.05) is 15.8 Å². The van der Waals surface area contributed by atoms with E-state index in [1.807, 2.05) is 30.0 Å². The van der Waals surface area contributed by atoms with Crippen LogP contribution >= 0.6 is 11.8 Å². The van der Waals surface area contributed by atoms with E-state index in [9.17, 15) is 12.8 Å². The van der Waals surface area contributed by atoms with Crippen molar-refractivity contribution in [3.63, 3.8) is 0 Å². The molecule has 2 aliphatic heterocycles. The third-order valence-electron chi connectivity index (χ3n) is 6.32. The summed E-state index contributed by atoms with van der Waals surface area (Å²) in [7, 11) is -3.74. The molecule has 2 aromatic rings. The van der Waals surface area contributed by atoms with Gasteiger partial charge in [-0.3, -0.25) is 4.31 Å². The van der Waals surface area contributed by atoms with Gasteiger partial charge in [0.15, 0.2) is 0 Å². The predicted molar refractivity (Wildman–Crippen MR) is 107 cm³/mol. The Morgan fingerprint density at radius 2 is 1.67 bits per heavy atom. The van der Waals surface area contributed by atoms with Crippen molar-refractivity contribution in [1.82, 2.24) is 0 Å². The number of para-hydroxylation sites is 1. The second-order valence-electron chi connectivity index (χ2n) is 7.82. The van der Waals surface area contributed by atoms with Crippen LogP contribution in [0.5, 0.6) is 0 Å². The second kappa shape index (κ2) is 6.24. The minimum Gasteiger partial charge on any atom is -0.262 e. The number of nitrogens with zero attached hydrogens (tertiary/aromatic N) is 1. The number of hydrogen-bond acceptors (Lipinski definition) is 3. The highest BCUT2D eigenvalue weighted by molar-refractivity contribution is 7.99. The van der Waals surface area contributed by atoms with Gasteiger partial charge >= 0.3 is 0 Å². The van der Waals surface area contributed by atoms with E-state index in [0.29, 0.717) is 5.92 Å². The Kier molecular flexibility index (Phi) is 4.06. The van der Waals surface area contributed by atoms with Crippen molar-refractivity contribution in [2.24, 2.45) is 5.92 Å². The van der Waals surface area contributed by atoms with Gasteiger partial charge in [-0.25, -0.2) is 12.8 Å². The van der Waals surface area contributed by atoms with Gasteiger partial charge in [-0.15, -0.1) is 0 Å². The van der Waals surface area contributed by atoms with Gasteiger partial charge in [-0.05, 0) is 79.0 Å². The van der Waals surface area contributed by atoms with Crippen molar-refractivity contribution in [2.45, 2.75) is 42.0 Å². The van der Waals surface area contributed by atoms with Gasteiger partial charge in [0.25, 0.3) is 10.0 Å². The van der Waals surface area contributed by atoms with Crippen molar-refractivity contribution >= 4 is 27.5 Å². The molecule has 5 rings (SSSR count). The van der Waals surface area contributed by atoms with Crippen molar-refractivity contribution in [3.05, 3.63) is 59.9 Å². The van der Waals surface area contributed by atoms with Crippen molar-refractivity contribution in [1.29, 1.82) is 0 Å². The molecule has 2 fully saturated rings. The van der Waals surface area contributed by atoms with Crippen LogP contribution in [0, 0.1) is 11.7 Å². The Bertz CT molecular complexity index is 964. The lowest BCUT2D eigenvalue weighted by Gasteiger charge is -2.41. The lowest BCUT2D eigenvalue weighted by atomic mass is 9.70. The Balaban J connectivity index is 1.70. The van der Waals surface area contributed by atoms with Crippen LogP contribution in [-0.4, -0.2) is 26.0 Å². The highest BCUT2D eigenvalue weighted by Crippen LogP contribution is 2.59. The Hall–Kier alpha value is -1.53. The van der Waals surface area contributed by atoms with E-state index in [1.54, 1.807) is 4.31 Å². The highest BCUT2D eigenvalue weighted by Gasteiger charge is 2.59. The van der Waals surface area contributed by atoms with Crippen LogP contribution in [0.2, 0.25) is 0 Å². The van der Waals surface area contributed by atoms with Crippen LogP contribution in [-0.2, 0) is 15.4 Å². The summed E-state index contributed by atoms with van der Waals surface area (Å²) >= 11 is 1.96. The third-order valence-corrected chi connectivity index (χ3v) is 9.12. The fourth-order valence-electron chi connectivity index (χ4n) is 4.97. The molecule has 0 N–H and O–H groups in total. The van der Waals surface area contributed by atoms with Gasteiger partial charge in [0.2, 0.25) is 0 Å². The zero-order valence-corrected chi connectivity index (χ0v) is 16.6. The largest absolute Gasteiger partial charge is 0.264 e. The maximum Gasteiger partial charge on any atom is 0.264 e. The number of sulfonamides is 1. The standard InChI is InChI=1S/C21H22FNO2S2/c22-16-7-9-17(10-8-16)27(24,25)23-19-4-2-1-3-18(19)21(11-13-26-14-12-21)20(23)15-5-6-15/h1-4,7-10,15,20H,5-6,11-14H2. The summed E-state index contributed by atoms with van der Waals surface area (Å²) in [5, 5.41) is 0. The van der Waals surface area contributed by atoms with Crippen LogP contribution in [0.25, 0.3) is 0 Å². The summed E-state index contributed by atoms with van der Waals surface area (Å²) < 4.78 is 42.4. The average molecular weight is 404 g/mol. The van der Waals surface area contributed by atoms with Gasteiger partial charge in [-0.2, -0.15) is 11.8 Å². The summed E-state index contributed by atoms with van der Waals surface area (Å²) in [5.74, 6) is 2.13. The molecule has 1 spiro atoms. The lowest BCUT2D eigenvalue weighted by molar-refractivity contribution is 0.315.